The second-order valence-electron chi connectivity index (χ2n) is 6.54. The maximum atomic E-state index is 12.6. The molecule has 4 heterocycles. The summed E-state index contributed by atoms with van der Waals surface area (Å²) in [6, 6.07) is 1.86. The lowest BCUT2D eigenvalue weighted by Gasteiger charge is -2.12. The zero-order valence-electron chi connectivity index (χ0n) is 16.6. The van der Waals surface area contributed by atoms with Gasteiger partial charge in [-0.25, -0.2) is 4.98 Å². The Morgan fingerprint density at radius 3 is 2.80 bits per heavy atom. The number of aromatic nitrogens is 4. The third-order valence-corrected chi connectivity index (χ3v) is 5.52. The Morgan fingerprint density at radius 1 is 1.40 bits per heavy atom. The summed E-state index contributed by atoms with van der Waals surface area (Å²) < 4.78 is 5.52. The van der Waals surface area contributed by atoms with E-state index in [1.807, 2.05) is 26.8 Å². The van der Waals surface area contributed by atoms with E-state index in [9.17, 15) is 9.59 Å². The fraction of sp³-hybridized carbons (Fsp3) is 0.389. The highest BCUT2D eigenvalue weighted by Crippen LogP contribution is 2.29. The molecule has 0 spiro atoms. The largest absolute Gasteiger partial charge is 0.483 e. The SMILES string of the molecule is CCc1nnc(N2CC(C(=O)Nc3nc(C)c4cc(C)oc4n3)CC2=O)s1.O=CO. The van der Waals surface area contributed by atoms with Crippen LogP contribution in [-0.4, -0.2) is 50.1 Å². The van der Waals surface area contributed by atoms with Crippen molar-refractivity contribution in [2.45, 2.75) is 33.6 Å². The number of furan rings is 1. The lowest BCUT2D eigenvalue weighted by Crippen LogP contribution is -2.28. The van der Waals surface area contributed by atoms with Crippen molar-refractivity contribution in [2.75, 3.05) is 16.8 Å². The second kappa shape index (κ2) is 8.95. The molecule has 1 saturated heterocycles. The minimum Gasteiger partial charge on any atom is -0.483 e. The van der Waals surface area contributed by atoms with Gasteiger partial charge in [-0.05, 0) is 26.3 Å². The zero-order valence-corrected chi connectivity index (χ0v) is 17.4. The molecule has 1 fully saturated rings. The number of carbonyl (C=O) groups is 3. The molecule has 12 heteroatoms. The van der Waals surface area contributed by atoms with Crippen LogP contribution in [0.25, 0.3) is 11.1 Å². The van der Waals surface area contributed by atoms with Crippen molar-refractivity contribution in [3.05, 3.63) is 22.5 Å². The van der Waals surface area contributed by atoms with E-state index in [-0.39, 0.29) is 37.2 Å². The number of anilines is 2. The molecule has 0 saturated carbocycles. The summed E-state index contributed by atoms with van der Waals surface area (Å²) in [5, 5.41) is 19.9. The first-order valence-corrected chi connectivity index (χ1v) is 9.94. The predicted molar refractivity (Wildman–Crippen MR) is 108 cm³/mol. The highest BCUT2D eigenvalue weighted by Gasteiger charge is 2.37. The Hall–Kier alpha value is -3.41. The highest BCUT2D eigenvalue weighted by atomic mass is 32.1. The van der Waals surface area contributed by atoms with Crippen molar-refractivity contribution in [3.63, 3.8) is 0 Å². The van der Waals surface area contributed by atoms with Crippen LogP contribution < -0.4 is 10.2 Å². The monoisotopic (exact) mass is 432 g/mol. The molecule has 0 bridgehead atoms. The van der Waals surface area contributed by atoms with E-state index in [0.29, 0.717) is 10.8 Å². The minimum absolute atomic E-state index is 0.119. The molecule has 1 atom stereocenters. The van der Waals surface area contributed by atoms with Gasteiger partial charge in [0.05, 0.1) is 17.0 Å². The van der Waals surface area contributed by atoms with Crippen LogP contribution in [-0.2, 0) is 20.8 Å². The van der Waals surface area contributed by atoms with Crippen LogP contribution in [0.3, 0.4) is 0 Å². The third kappa shape index (κ3) is 4.43. The predicted octanol–water partition coefficient (Wildman–Crippen LogP) is 1.95. The Kier molecular flexibility index (Phi) is 6.35. The maximum absolute atomic E-state index is 12.6. The van der Waals surface area contributed by atoms with Gasteiger partial charge in [-0.15, -0.1) is 10.2 Å². The quantitative estimate of drug-likeness (QED) is 0.589. The Morgan fingerprint density at radius 2 is 2.13 bits per heavy atom. The van der Waals surface area contributed by atoms with E-state index in [1.54, 1.807) is 0 Å². The van der Waals surface area contributed by atoms with Crippen LogP contribution in [0.1, 0.15) is 29.8 Å². The van der Waals surface area contributed by atoms with Crippen LogP contribution in [0.2, 0.25) is 0 Å². The van der Waals surface area contributed by atoms with Crippen molar-refractivity contribution < 1.29 is 23.9 Å². The van der Waals surface area contributed by atoms with Crippen LogP contribution in [0.15, 0.2) is 10.5 Å². The van der Waals surface area contributed by atoms with Crippen LogP contribution in [0.4, 0.5) is 11.1 Å². The van der Waals surface area contributed by atoms with E-state index in [0.717, 1.165) is 28.3 Å². The van der Waals surface area contributed by atoms with Crippen LogP contribution in [0.5, 0.6) is 0 Å². The number of carboxylic acid groups (broad SMARTS) is 1. The summed E-state index contributed by atoms with van der Waals surface area (Å²) in [6.45, 7) is 5.65. The summed E-state index contributed by atoms with van der Waals surface area (Å²) >= 11 is 1.37. The van der Waals surface area contributed by atoms with Gasteiger partial charge < -0.3 is 9.52 Å². The molecule has 0 aromatic carbocycles. The Labute approximate surface area is 175 Å². The van der Waals surface area contributed by atoms with Gasteiger partial charge in [0.1, 0.15) is 10.8 Å². The number of hydrogen-bond donors (Lipinski definition) is 2. The first-order valence-electron chi connectivity index (χ1n) is 9.12. The van der Waals surface area contributed by atoms with Gasteiger partial charge in [-0.2, -0.15) is 4.98 Å². The third-order valence-electron chi connectivity index (χ3n) is 4.43. The molecule has 11 nitrogen and oxygen atoms in total. The number of rotatable bonds is 4. The number of fused-ring (bicyclic) bond motifs is 1. The molecule has 1 unspecified atom stereocenters. The smallest absolute Gasteiger partial charge is 0.290 e. The molecule has 3 aromatic heterocycles. The van der Waals surface area contributed by atoms with Gasteiger partial charge in [0.25, 0.3) is 6.47 Å². The van der Waals surface area contributed by atoms with Crippen molar-refractivity contribution in [2.24, 2.45) is 5.92 Å². The summed E-state index contributed by atoms with van der Waals surface area (Å²) in [6.07, 6.45) is 0.878. The topological polar surface area (TPSA) is 151 Å². The normalized spacial score (nSPS) is 15.8. The fourth-order valence-electron chi connectivity index (χ4n) is 3.02. The van der Waals surface area contributed by atoms with Crippen LogP contribution in [0, 0.1) is 19.8 Å². The number of amides is 2. The molecule has 30 heavy (non-hydrogen) atoms. The van der Waals surface area contributed by atoms with E-state index < -0.39 is 5.92 Å². The van der Waals surface area contributed by atoms with E-state index in [1.165, 1.54) is 16.2 Å². The number of carbonyl (C=O) groups excluding carboxylic acids is 2. The average Bonchev–Trinajstić information content (AvgIpc) is 3.40. The molecule has 1 aliphatic heterocycles. The average molecular weight is 432 g/mol. The first kappa shape index (κ1) is 21.3. The van der Waals surface area contributed by atoms with Gasteiger partial charge in [-0.3, -0.25) is 24.6 Å². The van der Waals surface area contributed by atoms with Crippen molar-refractivity contribution in [1.82, 2.24) is 20.2 Å². The van der Waals surface area contributed by atoms with E-state index in [2.05, 4.69) is 25.5 Å². The summed E-state index contributed by atoms with van der Waals surface area (Å²) in [4.78, 5) is 43.4. The highest BCUT2D eigenvalue weighted by molar-refractivity contribution is 7.15. The Bertz CT molecular complexity index is 1090. The first-order chi connectivity index (χ1) is 14.4. The van der Waals surface area contributed by atoms with Crippen LogP contribution >= 0.6 is 11.3 Å². The Balaban J connectivity index is 0.000000806. The lowest BCUT2D eigenvalue weighted by atomic mass is 10.1. The summed E-state index contributed by atoms with van der Waals surface area (Å²) in [7, 11) is 0. The molecule has 0 aliphatic carbocycles. The summed E-state index contributed by atoms with van der Waals surface area (Å²) in [5.41, 5.74) is 1.15. The van der Waals surface area contributed by atoms with Gasteiger partial charge in [0.15, 0.2) is 0 Å². The molecule has 2 N–H and O–H groups in total. The van der Waals surface area contributed by atoms with E-state index >= 15 is 0 Å². The molecule has 158 valence electrons. The molecular weight excluding hydrogens is 412 g/mol. The number of hydrogen-bond acceptors (Lipinski definition) is 9. The lowest BCUT2D eigenvalue weighted by molar-refractivity contribution is -0.123. The molecule has 0 radical (unpaired) electrons. The molecular formula is C18H20N6O5S. The fourth-order valence-corrected chi connectivity index (χ4v) is 3.82. The number of nitrogens with zero attached hydrogens (tertiary/aromatic N) is 5. The number of nitrogens with one attached hydrogen (secondary N) is 1. The van der Waals surface area contributed by atoms with Gasteiger partial charge >= 0.3 is 0 Å². The molecule has 1 aliphatic rings. The van der Waals surface area contributed by atoms with Gasteiger partial charge in [0, 0.05) is 13.0 Å². The van der Waals surface area contributed by atoms with Gasteiger partial charge in [-0.1, -0.05) is 18.3 Å². The van der Waals surface area contributed by atoms with E-state index in [4.69, 9.17) is 14.3 Å². The van der Waals surface area contributed by atoms with Gasteiger partial charge in [0.2, 0.25) is 28.6 Å². The zero-order chi connectivity index (χ0) is 21.8. The standard InChI is InChI=1S/C17H18N6O3S.CH2O2/c1-4-12-21-22-17(27-12)23-7-10(6-13(23)24)14(25)19-16-18-9(3)11-5-8(2)26-15(11)20-16;2-1-3/h5,10H,4,6-7H2,1-3H3,(H,18,19,20,25);1H,(H,2,3). The van der Waals surface area contributed by atoms with Crippen molar-refractivity contribution in [3.8, 4) is 0 Å². The maximum Gasteiger partial charge on any atom is 0.290 e. The molecule has 2 amide bonds. The second-order valence-corrected chi connectivity index (χ2v) is 7.58. The molecule has 4 rings (SSSR count). The van der Waals surface area contributed by atoms with Crippen molar-refractivity contribution >= 4 is 51.8 Å². The summed E-state index contributed by atoms with van der Waals surface area (Å²) in [5.74, 6) is -0.0264. The number of aryl methyl sites for hydroxylation is 3. The minimum atomic E-state index is -0.496. The van der Waals surface area contributed by atoms with Crippen molar-refractivity contribution in [1.29, 1.82) is 0 Å². The molecule has 3 aromatic rings.